The number of Topliss-reactive ketones (excluding diaryl/α,β-unsaturated/α-hetero) is 1. The second-order valence-electron chi connectivity index (χ2n) is 6.03. The number of ketones is 1. The minimum absolute atomic E-state index is 0.0675. The van der Waals surface area contributed by atoms with Crippen molar-refractivity contribution in [1.29, 1.82) is 0 Å². The lowest BCUT2D eigenvalue weighted by Crippen LogP contribution is -2.13. The first-order valence-corrected chi connectivity index (χ1v) is 8.82. The SMILES string of the molecule is COc1ccc(Nc2cncc(C(=O)Nc3cccc(C(C)=O)c3)c2)cc1Cl. The number of carbonyl (C=O) groups excluding carboxylic acids is 2. The van der Waals surface area contributed by atoms with Gasteiger partial charge in [-0.1, -0.05) is 23.7 Å². The summed E-state index contributed by atoms with van der Waals surface area (Å²) in [6, 6.07) is 13.7. The molecule has 7 heteroatoms. The van der Waals surface area contributed by atoms with Crippen molar-refractivity contribution >= 4 is 40.4 Å². The molecule has 2 N–H and O–H groups in total. The highest BCUT2D eigenvalue weighted by Crippen LogP contribution is 2.28. The molecule has 3 aromatic rings. The Morgan fingerprint density at radius 3 is 2.46 bits per heavy atom. The molecule has 0 aliphatic heterocycles. The highest BCUT2D eigenvalue weighted by atomic mass is 35.5. The Labute approximate surface area is 167 Å². The maximum Gasteiger partial charge on any atom is 0.257 e. The second kappa shape index (κ2) is 8.54. The molecule has 0 atom stereocenters. The maximum absolute atomic E-state index is 12.5. The van der Waals surface area contributed by atoms with E-state index in [4.69, 9.17) is 16.3 Å². The number of halogens is 1. The van der Waals surface area contributed by atoms with E-state index in [-0.39, 0.29) is 11.7 Å². The van der Waals surface area contributed by atoms with Gasteiger partial charge in [-0.05, 0) is 43.3 Å². The average molecular weight is 396 g/mol. The van der Waals surface area contributed by atoms with Crippen LogP contribution in [0.15, 0.2) is 60.9 Å². The van der Waals surface area contributed by atoms with Crippen LogP contribution >= 0.6 is 11.6 Å². The summed E-state index contributed by atoms with van der Waals surface area (Å²) in [7, 11) is 1.55. The fourth-order valence-electron chi connectivity index (χ4n) is 2.56. The van der Waals surface area contributed by atoms with Gasteiger partial charge in [-0.15, -0.1) is 0 Å². The van der Waals surface area contributed by atoms with E-state index in [1.54, 1.807) is 55.8 Å². The monoisotopic (exact) mass is 395 g/mol. The number of pyridine rings is 1. The third kappa shape index (κ3) is 4.66. The van der Waals surface area contributed by atoms with Crippen molar-refractivity contribution in [2.45, 2.75) is 6.92 Å². The highest BCUT2D eigenvalue weighted by molar-refractivity contribution is 6.32. The number of amides is 1. The second-order valence-corrected chi connectivity index (χ2v) is 6.43. The molecule has 0 bridgehead atoms. The van der Waals surface area contributed by atoms with Gasteiger partial charge in [-0.3, -0.25) is 14.6 Å². The van der Waals surface area contributed by atoms with E-state index in [2.05, 4.69) is 15.6 Å². The van der Waals surface area contributed by atoms with Crippen molar-refractivity contribution in [3.8, 4) is 5.75 Å². The summed E-state index contributed by atoms with van der Waals surface area (Å²) >= 11 is 6.13. The minimum Gasteiger partial charge on any atom is -0.495 e. The average Bonchev–Trinajstić information content (AvgIpc) is 2.68. The smallest absolute Gasteiger partial charge is 0.257 e. The zero-order valence-electron chi connectivity index (χ0n) is 15.3. The Balaban J connectivity index is 1.75. The molecule has 3 rings (SSSR count). The van der Waals surface area contributed by atoms with E-state index in [1.165, 1.54) is 13.1 Å². The molecule has 0 aliphatic rings. The van der Waals surface area contributed by atoms with E-state index in [1.807, 2.05) is 6.07 Å². The number of rotatable bonds is 6. The van der Waals surface area contributed by atoms with E-state index in [0.29, 0.717) is 33.3 Å². The van der Waals surface area contributed by atoms with Crippen LogP contribution in [-0.2, 0) is 0 Å². The molecule has 28 heavy (non-hydrogen) atoms. The number of ether oxygens (including phenoxy) is 1. The van der Waals surface area contributed by atoms with Crippen molar-refractivity contribution in [1.82, 2.24) is 4.98 Å². The molecule has 142 valence electrons. The molecule has 0 fully saturated rings. The van der Waals surface area contributed by atoms with E-state index >= 15 is 0 Å². The number of benzene rings is 2. The largest absolute Gasteiger partial charge is 0.495 e. The van der Waals surface area contributed by atoms with Crippen LogP contribution in [0.4, 0.5) is 17.1 Å². The zero-order valence-corrected chi connectivity index (χ0v) is 16.1. The van der Waals surface area contributed by atoms with Crippen molar-refractivity contribution in [3.63, 3.8) is 0 Å². The number of nitrogens with one attached hydrogen (secondary N) is 2. The fourth-order valence-corrected chi connectivity index (χ4v) is 2.82. The number of hydrogen-bond acceptors (Lipinski definition) is 5. The normalized spacial score (nSPS) is 10.2. The van der Waals surface area contributed by atoms with Gasteiger partial charge < -0.3 is 15.4 Å². The van der Waals surface area contributed by atoms with Gasteiger partial charge >= 0.3 is 0 Å². The summed E-state index contributed by atoms with van der Waals surface area (Å²) in [4.78, 5) is 28.1. The lowest BCUT2D eigenvalue weighted by molar-refractivity contribution is 0.101. The molecular weight excluding hydrogens is 378 g/mol. The molecular formula is C21H18ClN3O3. The molecule has 2 aromatic carbocycles. The summed E-state index contributed by atoms with van der Waals surface area (Å²) in [5, 5.41) is 6.40. The van der Waals surface area contributed by atoms with Gasteiger partial charge in [0, 0.05) is 23.1 Å². The lowest BCUT2D eigenvalue weighted by atomic mass is 10.1. The van der Waals surface area contributed by atoms with Gasteiger partial charge in [0.25, 0.3) is 5.91 Å². The maximum atomic E-state index is 12.5. The number of nitrogens with zero attached hydrogens (tertiary/aromatic N) is 1. The summed E-state index contributed by atoms with van der Waals surface area (Å²) in [6.45, 7) is 1.48. The molecule has 0 aliphatic carbocycles. The van der Waals surface area contributed by atoms with Crippen molar-refractivity contribution in [2.24, 2.45) is 0 Å². The van der Waals surface area contributed by atoms with Crippen molar-refractivity contribution in [2.75, 3.05) is 17.7 Å². The number of aromatic nitrogens is 1. The van der Waals surface area contributed by atoms with Crippen LogP contribution in [-0.4, -0.2) is 23.8 Å². The number of hydrogen-bond donors (Lipinski definition) is 2. The summed E-state index contributed by atoms with van der Waals surface area (Å²) in [6.07, 6.45) is 3.07. The minimum atomic E-state index is -0.329. The topological polar surface area (TPSA) is 80.3 Å². The molecule has 1 amide bonds. The van der Waals surface area contributed by atoms with E-state index in [0.717, 1.165) is 5.69 Å². The molecule has 0 saturated carbocycles. The Hall–Kier alpha value is -3.38. The molecule has 0 spiro atoms. The molecule has 1 heterocycles. The van der Waals surface area contributed by atoms with Gasteiger partial charge in [0.15, 0.2) is 5.78 Å². The van der Waals surface area contributed by atoms with Crippen molar-refractivity contribution < 1.29 is 14.3 Å². The Bertz CT molecular complexity index is 1040. The quantitative estimate of drug-likeness (QED) is 0.577. The van der Waals surface area contributed by atoms with Crippen LogP contribution in [0.2, 0.25) is 5.02 Å². The van der Waals surface area contributed by atoms with E-state index in [9.17, 15) is 9.59 Å². The Morgan fingerprint density at radius 2 is 1.75 bits per heavy atom. The van der Waals surface area contributed by atoms with Crippen LogP contribution in [0.25, 0.3) is 0 Å². The highest BCUT2D eigenvalue weighted by Gasteiger charge is 2.10. The van der Waals surface area contributed by atoms with Crippen LogP contribution in [0.5, 0.6) is 5.75 Å². The summed E-state index contributed by atoms with van der Waals surface area (Å²) in [5.74, 6) is 0.179. The van der Waals surface area contributed by atoms with Crippen molar-refractivity contribution in [3.05, 3.63) is 77.1 Å². The molecule has 6 nitrogen and oxygen atoms in total. The molecule has 1 aromatic heterocycles. The standard InChI is InChI=1S/C21H18ClN3O3/c1-13(26)14-4-3-5-16(8-14)25-21(27)15-9-18(12-23-11-15)24-17-6-7-20(28-2)19(22)10-17/h3-12,24H,1-2H3,(H,25,27). The van der Waals surface area contributed by atoms with Crippen LogP contribution in [0.3, 0.4) is 0 Å². The third-order valence-corrected chi connectivity index (χ3v) is 4.26. The predicted molar refractivity (Wildman–Crippen MR) is 110 cm³/mol. The van der Waals surface area contributed by atoms with Gasteiger partial charge in [-0.25, -0.2) is 0 Å². The molecule has 0 saturated heterocycles. The van der Waals surface area contributed by atoms with E-state index < -0.39 is 0 Å². The third-order valence-electron chi connectivity index (χ3n) is 3.97. The summed E-state index contributed by atoms with van der Waals surface area (Å²) < 4.78 is 5.13. The first-order chi connectivity index (χ1) is 13.5. The van der Waals surface area contributed by atoms with Gasteiger partial charge in [-0.2, -0.15) is 0 Å². The Morgan fingerprint density at radius 1 is 0.964 bits per heavy atom. The first-order valence-electron chi connectivity index (χ1n) is 8.44. The molecule has 0 radical (unpaired) electrons. The fraction of sp³-hybridized carbons (Fsp3) is 0.0952. The van der Waals surface area contributed by atoms with Crippen LogP contribution < -0.4 is 15.4 Å². The summed E-state index contributed by atoms with van der Waals surface area (Å²) in [5.41, 5.74) is 2.81. The Kier molecular flexibility index (Phi) is 5.91. The number of methoxy groups -OCH3 is 1. The van der Waals surface area contributed by atoms with Gasteiger partial charge in [0.1, 0.15) is 5.75 Å². The van der Waals surface area contributed by atoms with Crippen LogP contribution in [0.1, 0.15) is 27.6 Å². The predicted octanol–water partition coefficient (Wildman–Crippen LogP) is 4.94. The lowest BCUT2D eigenvalue weighted by Gasteiger charge is -2.10. The van der Waals surface area contributed by atoms with Gasteiger partial charge in [0.2, 0.25) is 0 Å². The number of anilines is 3. The van der Waals surface area contributed by atoms with Gasteiger partial charge in [0.05, 0.1) is 29.6 Å². The molecule has 0 unspecified atom stereocenters. The zero-order chi connectivity index (χ0) is 20.1. The van der Waals surface area contributed by atoms with Crippen LogP contribution in [0, 0.1) is 0 Å². The first kappa shape index (κ1) is 19.4. The number of carbonyl (C=O) groups is 2.